The zero-order chi connectivity index (χ0) is 13.8. The summed E-state index contributed by atoms with van der Waals surface area (Å²) in [6.45, 7) is 5.75. The molecule has 1 saturated heterocycles. The number of amides is 1. The Labute approximate surface area is 112 Å². The molecule has 19 heavy (non-hydrogen) atoms. The lowest BCUT2D eigenvalue weighted by molar-refractivity contribution is -0.130. The summed E-state index contributed by atoms with van der Waals surface area (Å²) in [7, 11) is 0. The SMILES string of the molecule is Cc1cc(/C=C(/C#N)C(=O)N2CCOCC2)c(C)o1. The van der Waals surface area contributed by atoms with Gasteiger partial charge in [0.1, 0.15) is 23.2 Å². The van der Waals surface area contributed by atoms with Gasteiger partial charge in [0.2, 0.25) is 0 Å². The number of morpholine rings is 1. The minimum absolute atomic E-state index is 0.130. The summed E-state index contributed by atoms with van der Waals surface area (Å²) in [5, 5.41) is 9.16. The molecule has 0 N–H and O–H groups in total. The van der Waals surface area contributed by atoms with Crippen LogP contribution in [0.5, 0.6) is 0 Å². The smallest absolute Gasteiger partial charge is 0.264 e. The molecule has 0 bridgehead atoms. The maximum absolute atomic E-state index is 12.2. The van der Waals surface area contributed by atoms with Crippen LogP contribution in [-0.4, -0.2) is 37.1 Å². The summed E-state index contributed by atoms with van der Waals surface area (Å²) in [4.78, 5) is 13.8. The standard InChI is InChI=1S/C14H16N2O3/c1-10-7-12(11(2)19-10)8-13(9-15)14(17)16-3-5-18-6-4-16/h7-8H,3-6H2,1-2H3/b13-8-. The molecule has 5 nitrogen and oxygen atoms in total. The topological polar surface area (TPSA) is 66.5 Å². The van der Waals surface area contributed by atoms with Crippen LogP contribution in [0.1, 0.15) is 17.1 Å². The Kier molecular flexibility index (Phi) is 4.03. The predicted octanol–water partition coefficient (Wildman–Crippen LogP) is 1.66. The quantitative estimate of drug-likeness (QED) is 0.599. The number of ether oxygens (including phenoxy) is 1. The van der Waals surface area contributed by atoms with Crippen LogP contribution in [0.15, 0.2) is 16.1 Å². The third-order valence-electron chi connectivity index (χ3n) is 3.03. The van der Waals surface area contributed by atoms with Gasteiger partial charge >= 0.3 is 0 Å². The number of rotatable bonds is 2. The first kappa shape index (κ1) is 13.4. The highest BCUT2D eigenvalue weighted by atomic mass is 16.5. The van der Waals surface area contributed by atoms with Gasteiger partial charge in [0, 0.05) is 18.7 Å². The molecule has 2 rings (SSSR count). The number of carbonyl (C=O) groups is 1. The fraction of sp³-hybridized carbons (Fsp3) is 0.429. The van der Waals surface area contributed by atoms with Crippen molar-refractivity contribution in [1.82, 2.24) is 4.90 Å². The Morgan fingerprint density at radius 3 is 2.63 bits per heavy atom. The molecule has 0 aromatic carbocycles. The summed E-state index contributed by atoms with van der Waals surface area (Å²) in [6, 6.07) is 3.79. The van der Waals surface area contributed by atoms with Gasteiger partial charge in [-0.15, -0.1) is 0 Å². The van der Waals surface area contributed by atoms with Gasteiger partial charge in [-0.25, -0.2) is 0 Å². The highest BCUT2D eigenvalue weighted by Gasteiger charge is 2.21. The summed E-state index contributed by atoms with van der Waals surface area (Å²) in [6.07, 6.45) is 1.59. The number of nitrogens with zero attached hydrogens (tertiary/aromatic N) is 2. The van der Waals surface area contributed by atoms with E-state index in [9.17, 15) is 4.79 Å². The summed E-state index contributed by atoms with van der Waals surface area (Å²) >= 11 is 0. The van der Waals surface area contributed by atoms with Crippen molar-refractivity contribution in [3.63, 3.8) is 0 Å². The fourth-order valence-electron chi connectivity index (χ4n) is 2.03. The molecule has 0 aliphatic carbocycles. The van der Waals surface area contributed by atoms with E-state index in [-0.39, 0.29) is 11.5 Å². The Hall–Kier alpha value is -2.06. The van der Waals surface area contributed by atoms with Crippen LogP contribution >= 0.6 is 0 Å². The number of furan rings is 1. The molecule has 0 radical (unpaired) electrons. The van der Waals surface area contributed by atoms with Gasteiger partial charge in [0.05, 0.1) is 13.2 Å². The molecular formula is C14H16N2O3. The predicted molar refractivity (Wildman–Crippen MR) is 69.2 cm³/mol. The van der Waals surface area contributed by atoms with Gasteiger partial charge < -0.3 is 14.1 Å². The summed E-state index contributed by atoms with van der Waals surface area (Å²) < 4.78 is 10.6. The molecule has 1 amide bonds. The van der Waals surface area contributed by atoms with Gasteiger partial charge in [0.15, 0.2) is 0 Å². The van der Waals surface area contributed by atoms with Crippen molar-refractivity contribution in [3.05, 3.63) is 28.7 Å². The van der Waals surface area contributed by atoms with E-state index in [1.165, 1.54) is 0 Å². The number of hydrogen-bond acceptors (Lipinski definition) is 4. The lowest BCUT2D eigenvalue weighted by Crippen LogP contribution is -2.41. The van der Waals surface area contributed by atoms with E-state index in [0.717, 1.165) is 11.3 Å². The van der Waals surface area contributed by atoms with Crippen molar-refractivity contribution in [2.24, 2.45) is 0 Å². The van der Waals surface area contributed by atoms with E-state index in [4.69, 9.17) is 14.4 Å². The van der Waals surface area contributed by atoms with Crippen LogP contribution < -0.4 is 0 Å². The fourth-order valence-corrected chi connectivity index (χ4v) is 2.03. The monoisotopic (exact) mass is 260 g/mol. The van der Waals surface area contributed by atoms with Gasteiger partial charge in [-0.1, -0.05) is 0 Å². The molecule has 5 heteroatoms. The lowest BCUT2D eigenvalue weighted by Gasteiger charge is -2.26. The number of aryl methyl sites for hydroxylation is 2. The van der Waals surface area contributed by atoms with Gasteiger partial charge in [-0.2, -0.15) is 5.26 Å². The number of hydrogen-bond donors (Lipinski definition) is 0. The lowest BCUT2D eigenvalue weighted by atomic mass is 10.1. The van der Waals surface area contributed by atoms with Crippen LogP contribution in [0.3, 0.4) is 0 Å². The summed E-state index contributed by atoms with van der Waals surface area (Å²) in [5.74, 6) is 1.23. The number of carbonyl (C=O) groups excluding carboxylic acids is 1. The molecule has 0 unspecified atom stereocenters. The zero-order valence-electron chi connectivity index (χ0n) is 11.1. The average molecular weight is 260 g/mol. The van der Waals surface area contributed by atoms with E-state index in [1.807, 2.05) is 26.0 Å². The van der Waals surface area contributed by atoms with Crippen molar-refractivity contribution in [1.29, 1.82) is 5.26 Å². The van der Waals surface area contributed by atoms with Crippen LogP contribution in [0.4, 0.5) is 0 Å². The first-order chi connectivity index (χ1) is 9.11. The first-order valence-corrected chi connectivity index (χ1v) is 6.17. The minimum atomic E-state index is -0.246. The molecule has 0 spiro atoms. The Morgan fingerprint density at radius 1 is 1.42 bits per heavy atom. The van der Waals surface area contributed by atoms with Crippen LogP contribution in [0, 0.1) is 25.2 Å². The first-order valence-electron chi connectivity index (χ1n) is 6.17. The highest BCUT2D eigenvalue weighted by Crippen LogP contribution is 2.18. The Bertz CT molecular complexity index is 546. The van der Waals surface area contributed by atoms with Crippen LogP contribution in [0.25, 0.3) is 6.08 Å². The van der Waals surface area contributed by atoms with Crippen molar-refractivity contribution < 1.29 is 13.9 Å². The molecule has 1 aromatic rings. The van der Waals surface area contributed by atoms with E-state index in [0.29, 0.717) is 32.1 Å². The van der Waals surface area contributed by atoms with Crippen LogP contribution in [0.2, 0.25) is 0 Å². The van der Waals surface area contributed by atoms with Crippen molar-refractivity contribution >= 4 is 12.0 Å². The molecular weight excluding hydrogens is 244 g/mol. The van der Waals surface area contributed by atoms with Crippen molar-refractivity contribution in [2.45, 2.75) is 13.8 Å². The van der Waals surface area contributed by atoms with Crippen LogP contribution in [-0.2, 0) is 9.53 Å². The molecule has 1 aromatic heterocycles. The molecule has 1 fully saturated rings. The van der Waals surface area contributed by atoms with E-state index in [2.05, 4.69) is 0 Å². The Morgan fingerprint density at radius 2 is 2.11 bits per heavy atom. The van der Waals surface area contributed by atoms with Crippen molar-refractivity contribution in [2.75, 3.05) is 26.3 Å². The molecule has 2 heterocycles. The third-order valence-corrected chi connectivity index (χ3v) is 3.03. The van der Waals surface area contributed by atoms with E-state index >= 15 is 0 Å². The molecule has 1 aliphatic rings. The second-order valence-electron chi connectivity index (χ2n) is 4.44. The Balaban J connectivity index is 2.22. The zero-order valence-corrected chi connectivity index (χ0v) is 11.1. The second-order valence-corrected chi connectivity index (χ2v) is 4.44. The highest BCUT2D eigenvalue weighted by molar-refractivity contribution is 6.01. The number of nitriles is 1. The maximum atomic E-state index is 12.2. The molecule has 100 valence electrons. The third kappa shape index (κ3) is 3.04. The van der Waals surface area contributed by atoms with Crippen molar-refractivity contribution in [3.8, 4) is 6.07 Å². The van der Waals surface area contributed by atoms with Gasteiger partial charge in [-0.3, -0.25) is 4.79 Å². The molecule has 1 aliphatic heterocycles. The average Bonchev–Trinajstić information content (AvgIpc) is 2.74. The molecule has 0 saturated carbocycles. The van der Waals surface area contributed by atoms with Gasteiger partial charge in [-0.05, 0) is 26.0 Å². The maximum Gasteiger partial charge on any atom is 0.264 e. The minimum Gasteiger partial charge on any atom is -0.466 e. The van der Waals surface area contributed by atoms with Gasteiger partial charge in [0.25, 0.3) is 5.91 Å². The summed E-state index contributed by atoms with van der Waals surface area (Å²) in [5.41, 5.74) is 0.904. The van der Waals surface area contributed by atoms with E-state index in [1.54, 1.807) is 11.0 Å². The largest absolute Gasteiger partial charge is 0.466 e. The molecule has 0 atom stereocenters. The normalized spacial score (nSPS) is 16.3. The second kappa shape index (κ2) is 5.72. The van der Waals surface area contributed by atoms with E-state index < -0.39 is 0 Å².